The fraction of sp³-hybridized carbons (Fsp3) is 0.533. The molecule has 0 aliphatic heterocycles. The Morgan fingerprint density at radius 1 is 1.14 bits per heavy atom. The normalized spacial score (nSPS) is 23.4. The Balaban J connectivity index is 2.16. The van der Waals surface area contributed by atoms with Gasteiger partial charge in [0.25, 0.3) is 0 Å². The highest BCUT2D eigenvalue weighted by Gasteiger charge is 2.34. The molecule has 0 spiro atoms. The van der Waals surface area contributed by atoms with Crippen LogP contribution in [0.2, 0.25) is 0 Å². The average molecular weight is 300 g/mol. The number of nitrogens with two attached hydrogens (primary N) is 1. The molecular formula is C15H19F3N2O. The molecule has 2 atom stereocenters. The number of amides is 1. The molecule has 3 N–H and O–H groups in total. The third-order valence-electron chi connectivity index (χ3n) is 3.90. The first kappa shape index (κ1) is 15.8. The highest BCUT2D eigenvalue weighted by atomic mass is 19.4. The minimum atomic E-state index is -4.49. The van der Waals surface area contributed by atoms with Crippen LogP contribution in [-0.2, 0) is 11.0 Å². The van der Waals surface area contributed by atoms with Crippen LogP contribution in [0.3, 0.4) is 0 Å². The van der Waals surface area contributed by atoms with E-state index < -0.39 is 23.6 Å². The first-order valence-electron chi connectivity index (χ1n) is 7.12. The summed E-state index contributed by atoms with van der Waals surface area (Å²) in [6.07, 6.45) is -0.275. The van der Waals surface area contributed by atoms with Crippen molar-refractivity contribution in [1.82, 2.24) is 0 Å². The maximum Gasteiger partial charge on any atom is 0.418 e. The molecule has 1 aliphatic carbocycles. The fourth-order valence-corrected chi connectivity index (χ4v) is 2.73. The van der Waals surface area contributed by atoms with Gasteiger partial charge in [-0.1, -0.05) is 31.4 Å². The molecule has 21 heavy (non-hydrogen) atoms. The van der Waals surface area contributed by atoms with Crippen LogP contribution in [0, 0.1) is 5.92 Å². The summed E-state index contributed by atoms with van der Waals surface area (Å²) in [6.45, 7) is 0. The maximum absolute atomic E-state index is 12.9. The number of hydrogen-bond acceptors (Lipinski definition) is 2. The Morgan fingerprint density at radius 3 is 2.52 bits per heavy atom. The minimum absolute atomic E-state index is 0.202. The number of alkyl halides is 3. The Kier molecular flexibility index (Phi) is 4.88. The summed E-state index contributed by atoms with van der Waals surface area (Å²) in [7, 11) is 0. The van der Waals surface area contributed by atoms with E-state index in [1.54, 1.807) is 0 Å². The van der Waals surface area contributed by atoms with Crippen molar-refractivity contribution in [2.45, 2.75) is 44.3 Å². The molecule has 0 aromatic heterocycles. The second-order valence-electron chi connectivity index (χ2n) is 5.44. The molecule has 1 aromatic carbocycles. The van der Waals surface area contributed by atoms with Gasteiger partial charge in [0.2, 0.25) is 5.91 Å². The summed E-state index contributed by atoms with van der Waals surface area (Å²) in [4.78, 5) is 12.3. The largest absolute Gasteiger partial charge is 0.418 e. The van der Waals surface area contributed by atoms with Crippen LogP contribution in [0.25, 0.3) is 0 Å². The van der Waals surface area contributed by atoms with Gasteiger partial charge in [-0.15, -0.1) is 0 Å². The SMILES string of the molecule is NC1CCCCCC1C(=O)Nc1ccccc1C(F)(F)F. The van der Waals surface area contributed by atoms with Gasteiger partial charge in [-0.3, -0.25) is 4.79 Å². The van der Waals surface area contributed by atoms with Crippen molar-refractivity contribution in [1.29, 1.82) is 0 Å². The van der Waals surface area contributed by atoms with Crippen molar-refractivity contribution in [2.24, 2.45) is 11.7 Å². The molecule has 1 amide bonds. The Labute approximate surface area is 121 Å². The number of nitrogens with one attached hydrogen (secondary N) is 1. The van der Waals surface area contributed by atoms with E-state index >= 15 is 0 Å². The van der Waals surface area contributed by atoms with Crippen molar-refractivity contribution in [3.63, 3.8) is 0 Å². The van der Waals surface area contributed by atoms with Crippen LogP contribution in [0.5, 0.6) is 0 Å². The molecule has 1 aliphatic rings. The predicted molar refractivity (Wildman–Crippen MR) is 74.6 cm³/mol. The van der Waals surface area contributed by atoms with Crippen LogP contribution in [0.4, 0.5) is 18.9 Å². The van der Waals surface area contributed by atoms with Crippen molar-refractivity contribution in [2.75, 3.05) is 5.32 Å². The lowest BCUT2D eigenvalue weighted by molar-refractivity contribution is -0.137. The maximum atomic E-state index is 12.9. The van der Waals surface area contributed by atoms with Crippen LogP contribution in [0.1, 0.15) is 37.7 Å². The van der Waals surface area contributed by atoms with Gasteiger partial charge in [-0.25, -0.2) is 0 Å². The van der Waals surface area contributed by atoms with E-state index in [2.05, 4.69) is 5.32 Å². The molecule has 3 nitrogen and oxygen atoms in total. The molecule has 1 fully saturated rings. The summed E-state index contributed by atoms with van der Waals surface area (Å²) >= 11 is 0. The Bertz CT molecular complexity index is 502. The molecule has 116 valence electrons. The van der Waals surface area contributed by atoms with Gasteiger partial charge in [0.05, 0.1) is 17.2 Å². The zero-order chi connectivity index (χ0) is 15.5. The highest BCUT2D eigenvalue weighted by Crippen LogP contribution is 2.35. The predicted octanol–water partition coefficient (Wildman–Crippen LogP) is 3.55. The van der Waals surface area contributed by atoms with E-state index in [1.807, 2.05) is 0 Å². The zero-order valence-corrected chi connectivity index (χ0v) is 11.6. The van der Waals surface area contributed by atoms with Crippen molar-refractivity contribution >= 4 is 11.6 Å². The lowest BCUT2D eigenvalue weighted by atomic mass is 9.94. The monoisotopic (exact) mass is 300 g/mol. The molecule has 6 heteroatoms. The summed E-state index contributed by atoms with van der Waals surface area (Å²) in [5, 5.41) is 2.41. The molecular weight excluding hydrogens is 281 g/mol. The van der Waals surface area contributed by atoms with Crippen molar-refractivity contribution < 1.29 is 18.0 Å². The second kappa shape index (κ2) is 6.47. The van der Waals surface area contributed by atoms with E-state index in [0.717, 1.165) is 31.7 Å². The Morgan fingerprint density at radius 2 is 1.81 bits per heavy atom. The molecule has 1 aromatic rings. The third-order valence-corrected chi connectivity index (χ3v) is 3.90. The van der Waals surface area contributed by atoms with Crippen molar-refractivity contribution in [3.8, 4) is 0 Å². The molecule has 0 radical (unpaired) electrons. The zero-order valence-electron chi connectivity index (χ0n) is 11.6. The lowest BCUT2D eigenvalue weighted by Crippen LogP contribution is -2.38. The average Bonchev–Trinajstić information content (AvgIpc) is 2.62. The molecule has 0 saturated heterocycles. The smallest absolute Gasteiger partial charge is 0.327 e. The van der Waals surface area contributed by atoms with Gasteiger partial charge in [-0.2, -0.15) is 13.2 Å². The van der Waals surface area contributed by atoms with Crippen LogP contribution in [0.15, 0.2) is 24.3 Å². The molecule has 2 rings (SSSR count). The molecule has 2 unspecified atom stereocenters. The van der Waals surface area contributed by atoms with E-state index in [4.69, 9.17) is 5.73 Å². The van der Waals surface area contributed by atoms with Crippen LogP contribution < -0.4 is 11.1 Å². The standard InChI is InChI=1S/C15H19F3N2O/c16-15(17,18)11-7-4-5-9-13(11)20-14(21)10-6-2-1-3-8-12(10)19/h4-5,7,9-10,12H,1-3,6,8,19H2,(H,20,21). The summed E-state index contributed by atoms with van der Waals surface area (Å²) in [5.41, 5.74) is 4.94. The molecule has 1 saturated carbocycles. The van der Waals surface area contributed by atoms with E-state index in [-0.39, 0.29) is 11.7 Å². The fourth-order valence-electron chi connectivity index (χ4n) is 2.73. The number of para-hydroxylation sites is 1. The number of carbonyl (C=O) groups excluding carboxylic acids is 1. The quantitative estimate of drug-likeness (QED) is 0.821. The summed E-state index contributed by atoms with van der Waals surface area (Å²) < 4.78 is 38.7. The highest BCUT2D eigenvalue weighted by molar-refractivity contribution is 5.93. The topological polar surface area (TPSA) is 55.1 Å². The van der Waals surface area contributed by atoms with Gasteiger partial charge in [0.15, 0.2) is 0 Å². The number of hydrogen-bond donors (Lipinski definition) is 2. The van der Waals surface area contributed by atoms with Gasteiger partial charge < -0.3 is 11.1 Å². The lowest BCUT2D eigenvalue weighted by Gasteiger charge is -2.21. The van der Waals surface area contributed by atoms with Gasteiger partial charge in [-0.05, 0) is 25.0 Å². The number of halogens is 3. The minimum Gasteiger partial charge on any atom is -0.327 e. The van der Waals surface area contributed by atoms with E-state index in [1.165, 1.54) is 18.2 Å². The first-order valence-corrected chi connectivity index (χ1v) is 7.12. The van der Waals surface area contributed by atoms with Gasteiger partial charge in [0.1, 0.15) is 0 Å². The number of anilines is 1. The first-order chi connectivity index (χ1) is 9.89. The summed E-state index contributed by atoms with van der Waals surface area (Å²) in [5.74, 6) is -0.838. The number of rotatable bonds is 2. The number of benzene rings is 1. The van der Waals surface area contributed by atoms with E-state index in [9.17, 15) is 18.0 Å². The number of carbonyl (C=O) groups is 1. The van der Waals surface area contributed by atoms with Crippen LogP contribution >= 0.6 is 0 Å². The van der Waals surface area contributed by atoms with Crippen molar-refractivity contribution in [3.05, 3.63) is 29.8 Å². The third kappa shape index (κ3) is 3.97. The Hall–Kier alpha value is -1.56. The van der Waals surface area contributed by atoms with Gasteiger partial charge in [0, 0.05) is 6.04 Å². The molecule has 0 bridgehead atoms. The van der Waals surface area contributed by atoms with E-state index in [0.29, 0.717) is 6.42 Å². The molecule has 0 heterocycles. The summed E-state index contributed by atoms with van der Waals surface area (Å²) in [6, 6.07) is 4.71. The van der Waals surface area contributed by atoms with Crippen LogP contribution in [-0.4, -0.2) is 11.9 Å². The second-order valence-corrected chi connectivity index (χ2v) is 5.44. The van der Waals surface area contributed by atoms with Gasteiger partial charge >= 0.3 is 6.18 Å².